The smallest absolute Gasteiger partial charge is 0.271 e. The number of halogens is 1. The van der Waals surface area contributed by atoms with Crippen molar-refractivity contribution >= 4 is 40.3 Å². The first-order valence-corrected chi connectivity index (χ1v) is 7.32. The Balaban J connectivity index is 2.06. The van der Waals surface area contributed by atoms with Gasteiger partial charge in [0, 0.05) is 12.1 Å². The van der Waals surface area contributed by atoms with Crippen molar-refractivity contribution in [1.82, 2.24) is 5.32 Å². The van der Waals surface area contributed by atoms with Gasteiger partial charge in [-0.25, -0.2) is 0 Å². The summed E-state index contributed by atoms with van der Waals surface area (Å²) in [6, 6.07) is 14.0. The molecular formula is C15H14ClN3O2S. The number of hydrogen-bond acceptors (Lipinski definition) is 3. The highest BCUT2D eigenvalue weighted by molar-refractivity contribution is 7.80. The van der Waals surface area contributed by atoms with Crippen LogP contribution >= 0.6 is 23.8 Å². The van der Waals surface area contributed by atoms with Crippen LogP contribution in [0, 0.1) is 10.1 Å². The fourth-order valence-electron chi connectivity index (χ4n) is 1.90. The Morgan fingerprint density at radius 2 is 1.95 bits per heavy atom. The highest BCUT2D eigenvalue weighted by Gasteiger charge is 2.12. The molecule has 0 saturated heterocycles. The minimum absolute atomic E-state index is 0.00123. The van der Waals surface area contributed by atoms with Gasteiger partial charge in [-0.15, -0.1) is 0 Å². The third-order valence-electron chi connectivity index (χ3n) is 3.06. The molecule has 114 valence electrons. The van der Waals surface area contributed by atoms with Crippen LogP contribution in [-0.2, 0) is 0 Å². The summed E-state index contributed by atoms with van der Waals surface area (Å²) >= 11 is 11.3. The Morgan fingerprint density at radius 3 is 2.59 bits per heavy atom. The van der Waals surface area contributed by atoms with Crippen LogP contribution in [0.15, 0.2) is 48.5 Å². The first kappa shape index (κ1) is 16.2. The van der Waals surface area contributed by atoms with Crippen molar-refractivity contribution < 1.29 is 4.92 Å². The number of nitro benzene ring substituents is 1. The van der Waals surface area contributed by atoms with E-state index in [1.807, 2.05) is 37.3 Å². The summed E-state index contributed by atoms with van der Waals surface area (Å²) in [6.07, 6.45) is 0. The van der Waals surface area contributed by atoms with Crippen LogP contribution in [0.5, 0.6) is 0 Å². The zero-order chi connectivity index (χ0) is 16.1. The standard InChI is InChI=1S/C15H14ClN3O2S/c1-10(11-5-3-2-4-6-11)17-15(22)18-14-9-12(19(20)21)7-8-13(14)16/h2-10H,1H3,(H2,17,18,22). The van der Waals surface area contributed by atoms with E-state index in [0.717, 1.165) is 5.56 Å². The molecule has 0 heterocycles. The van der Waals surface area contributed by atoms with Crippen molar-refractivity contribution in [3.63, 3.8) is 0 Å². The predicted molar refractivity (Wildman–Crippen MR) is 92.3 cm³/mol. The van der Waals surface area contributed by atoms with E-state index in [1.165, 1.54) is 18.2 Å². The fourth-order valence-corrected chi connectivity index (χ4v) is 2.35. The minimum atomic E-state index is -0.482. The van der Waals surface area contributed by atoms with Crippen molar-refractivity contribution in [2.24, 2.45) is 0 Å². The van der Waals surface area contributed by atoms with Crippen LogP contribution < -0.4 is 10.6 Å². The molecule has 0 fully saturated rings. The molecule has 0 spiro atoms. The van der Waals surface area contributed by atoms with Crippen LogP contribution in [0.4, 0.5) is 11.4 Å². The van der Waals surface area contributed by atoms with E-state index in [-0.39, 0.29) is 11.7 Å². The van der Waals surface area contributed by atoms with Crippen molar-refractivity contribution in [2.45, 2.75) is 13.0 Å². The molecule has 5 nitrogen and oxygen atoms in total. The highest BCUT2D eigenvalue weighted by Crippen LogP contribution is 2.26. The average Bonchev–Trinajstić information content (AvgIpc) is 2.50. The lowest BCUT2D eigenvalue weighted by molar-refractivity contribution is -0.384. The molecule has 0 amide bonds. The third-order valence-corrected chi connectivity index (χ3v) is 3.61. The number of rotatable bonds is 4. The fraction of sp³-hybridized carbons (Fsp3) is 0.133. The lowest BCUT2D eigenvalue weighted by Gasteiger charge is -2.17. The molecule has 0 aromatic heterocycles. The van der Waals surface area contributed by atoms with Crippen molar-refractivity contribution in [2.75, 3.05) is 5.32 Å². The van der Waals surface area contributed by atoms with Gasteiger partial charge in [0.25, 0.3) is 5.69 Å². The molecule has 2 aromatic carbocycles. The SMILES string of the molecule is CC(NC(=S)Nc1cc([N+](=O)[O-])ccc1Cl)c1ccccc1. The zero-order valence-electron chi connectivity index (χ0n) is 11.7. The monoisotopic (exact) mass is 335 g/mol. The van der Waals surface area contributed by atoms with E-state index in [2.05, 4.69) is 10.6 Å². The lowest BCUT2D eigenvalue weighted by Crippen LogP contribution is -2.31. The quantitative estimate of drug-likeness (QED) is 0.495. The lowest BCUT2D eigenvalue weighted by atomic mass is 10.1. The van der Waals surface area contributed by atoms with Crippen molar-refractivity contribution in [3.8, 4) is 0 Å². The van der Waals surface area contributed by atoms with Gasteiger partial charge in [0.2, 0.25) is 0 Å². The number of nitrogens with one attached hydrogen (secondary N) is 2. The molecule has 0 aliphatic carbocycles. The number of benzene rings is 2. The molecule has 2 rings (SSSR count). The van der Waals surface area contributed by atoms with Crippen LogP contribution in [-0.4, -0.2) is 10.0 Å². The molecular weight excluding hydrogens is 322 g/mol. The number of nitrogens with zero attached hydrogens (tertiary/aromatic N) is 1. The van der Waals surface area contributed by atoms with Crippen molar-refractivity contribution in [1.29, 1.82) is 0 Å². The Hall–Kier alpha value is -2.18. The summed E-state index contributed by atoms with van der Waals surface area (Å²) < 4.78 is 0. The number of nitro groups is 1. The third kappa shape index (κ3) is 4.16. The van der Waals surface area contributed by atoms with Crippen molar-refractivity contribution in [3.05, 3.63) is 69.2 Å². The van der Waals surface area contributed by atoms with Crippen LogP contribution in [0.1, 0.15) is 18.5 Å². The van der Waals surface area contributed by atoms with Gasteiger partial charge in [0.15, 0.2) is 5.11 Å². The number of hydrogen-bond donors (Lipinski definition) is 2. The molecule has 0 saturated carbocycles. The predicted octanol–water partition coefficient (Wildman–Crippen LogP) is 4.30. The molecule has 0 aliphatic heterocycles. The van der Waals surface area contributed by atoms with E-state index < -0.39 is 4.92 Å². The zero-order valence-corrected chi connectivity index (χ0v) is 13.3. The minimum Gasteiger partial charge on any atom is -0.356 e. The normalized spacial score (nSPS) is 11.5. The molecule has 7 heteroatoms. The maximum Gasteiger partial charge on any atom is 0.271 e. The molecule has 22 heavy (non-hydrogen) atoms. The number of thiocarbonyl (C=S) groups is 1. The molecule has 0 bridgehead atoms. The molecule has 1 atom stereocenters. The average molecular weight is 336 g/mol. The summed E-state index contributed by atoms with van der Waals surface area (Å²) in [6.45, 7) is 1.97. The van der Waals surface area contributed by atoms with Gasteiger partial charge < -0.3 is 10.6 Å². The summed E-state index contributed by atoms with van der Waals surface area (Å²) in [5.41, 5.74) is 1.43. The first-order valence-electron chi connectivity index (χ1n) is 6.54. The largest absolute Gasteiger partial charge is 0.356 e. The van der Waals surface area contributed by atoms with Gasteiger partial charge in [-0.1, -0.05) is 41.9 Å². The Labute approximate surface area is 138 Å². The summed E-state index contributed by atoms with van der Waals surface area (Å²) in [7, 11) is 0. The topological polar surface area (TPSA) is 67.2 Å². The second-order valence-electron chi connectivity index (χ2n) is 4.65. The van der Waals surface area contributed by atoms with Gasteiger partial charge >= 0.3 is 0 Å². The van der Waals surface area contributed by atoms with E-state index in [4.69, 9.17) is 23.8 Å². The number of non-ortho nitro benzene ring substituents is 1. The van der Waals surface area contributed by atoms with Gasteiger partial charge in [-0.05, 0) is 30.8 Å². The maximum absolute atomic E-state index is 10.8. The molecule has 1 unspecified atom stereocenters. The van der Waals surface area contributed by atoms with Gasteiger partial charge in [0.05, 0.1) is 21.7 Å². The summed E-state index contributed by atoms with van der Waals surface area (Å²) in [4.78, 5) is 10.3. The van der Waals surface area contributed by atoms with E-state index in [1.54, 1.807) is 0 Å². The van der Waals surface area contributed by atoms with E-state index in [0.29, 0.717) is 15.8 Å². The molecule has 2 aromatic rings. The Kier molecular flexibility index (Phi) is 5.30. The summed E-state index contributed by atoms with van der Waals surface area (Å²) in [5.74, 6) is 0. The molecule has 2 N–H and O–H groups in total. The Morgan fingerprint density at radius 1 is 1.27 bits per heavy atom. The van der Waals surface area contributed by atoms with Gasteiger partial charge in [-0.3, -0.25) is 10.1 Å². The van der Waals surface area contributed by atoms with Crippen LogP contribution in [0.3, 0.4) is 0 Å². The highest BCUT2D eigenvalue weighted by atomic mass is 35.5. The molecule has 0 aliphatic rings. The first-order chi connectivity index (χ1) is 10.5. The maximum atomic E-state index is 10.8. The van der Waals surface area contributed by atoms with Gasteiger partial charge in [0.1, 0.15) is 0 Å². The van der Waals surface area contributed by atoms with Crippen LogP contribution in [0.2, 0.25) is 5.02 Å². The van der Waals surface area contributed by atoms with Gasteiger partial charge in [-0.2, -0.15) is 0 Å². The second-order valence-corrected chi connectivity index (χ2v) is 5.47. The molecule has 0 radical (unpaired) electrons. The van der Waals surface area contributed by atoms with E-state index >= 15 is 0 Å². The second kappa shape index (κ2) is 7.20. The Bertz CT molecular complexity index is 694. The van der Waals surface area contributed by atoms with E-state index in [9.17, 15) is 10.1 Å². The summed E-state index contributed by atoms with van der Waals surface area (Å²) in [5, 5.41) is 17.5. The number of anilines is 1. The van der Waals surface area contributed by atoms with Crippen LogP contribution in [0.25, 0.3) is 0 Å².